The van der Waals surface area contributed by atoms with Gasteiger partial charge in [0, 0.05) is 101 Å². The molecular weight excluding hydrogens is 751 g/mol. The molecule has 306 valence electrons. The van der Waals surface area contributed by atoms with Gasteiger partial charge in [0.1, 0.15) is 12.3 Å². The first-order valence-electron chi connectivity index (χ1n) is 20.6. The van der Waals surface area contributed by atoms with E-state index in [4.69, 9.17) is 9.72 Å². The molecule has 5 aliphatic heterocycles. The number of hydrogen-bond acceptors (Lipinski definition) is 13. The second-order valence-corrected chi connectivity index (χ2v) is 15.8. The first kappa shape index (κ1) is 38.2. The molecule has 3 fully saturated rings. The van der Waals surface area contributed by atoms with Crippen molar-refractivity contribution in [2.24, 2.45) is 0 Å². The fraction of sp³-hybridized carbons (Fsp3) is 0.419. The van der Waals surface area contributed by atoms with E-state index in [1.54, 1.807) is 0 Å². The summed E-state index contributed by atoms with van der Waals surface area (Å²) in [6.45, 7) is 10.4. The number of carbonyl (C=O) groups excluding carboxylic acids is 4. The Hall–Kier alpha value is -6.29. The minimum absolute atomic E-state index is 0.0521. The highest BCUT2D eigenvalue weighted by molar-refractivity contribution is 6.01. The molecule has 16 nitrogen and oxygen atoms in total. The van der Waals surface area contributed by atoms with Crippen LogP contribution in [0.25, 0.3) is 0 Å². The van der Waals surface area contributed by atoms with Crippen LogP contribution in [0.4, 0.5) is 28.7 Å². The Kier molecular flexibility index (Phi) is 10.7. The zero-order chi connectivity index (χ0) is 40.5. The van der Waals surface area contributed by atoms with Crippen molar-refractivity contribution in [3.63, 3.8) is 0 Å². The SMILES string of the molecule is Cc1c(N2CCc3cnc(Nc4ccc(C(=O)N5CCN(C(=O)CN6CCN(c7ccc(C8CCC(=O)NC8=O)cc7)CC6)CC5)cc4)nc3C2)cnc2c1NCCO2. The maximum Gasteiger partial charge on any atom is 0.253 e. The lowest BCUT2D eigenvalue weighted by atomic mass is 9.90. The molecule has 0 saturated carbocycles. The third-order valence-corrected chi connectivity index (χ3v) is 12.1. The van der Waals surface area contributed by atoms with Crippen LogP contribution in [0.5, 0.6) is 5.88 Å². The molecule has 0 aliphatic carbocycles. The lowest BCUT2D eigenvalue weighted by Gasteiger charge is -2.38. The Morgan fingerprint density at radius 3 is 2.37 bits per heavy atom. The molecule has 1 atom stereocenters. The number of nitrogens with one attached hydrogen (secondary N) is 3. The van der Waals surface area contributed by atoms with Crippen LogP contribution >= 0.6 is 0 Å². The fourth-order valence-electron chi connectivity index (χ4n) is 8.65. The zero-order valence-corrected chi connectivity index (χ0v) is 33.3. The van der Waals surface area contributed by atoms with Crippen LogP contribution in [-0.2, 0) is 27.3 Å². The number of imide groups is 1. The van der Waals surface area contributed by atoms with Gasteiger partial charge in [-0.25, -0.2) is 15.0 Å². The van der Waals surface area contributed by atoms with Crippen molar-refractivity contribution in [2.75, 3.05) is 99.0 Å². The lowest BCUT2D eigenvalue weighted by Crippen LogP contribution is -2.54. The van der Waals surface area contributed by atoms with E-state index < -0.39 is 0 Å². The number of anilines is 5. The summed E-state index contributed by atoms with van der Waals surface area (Å²) in [7, 11) is 0. The summed E-state index contributed by atoms with van der Waals surface area (Å²) in [6.07, 6.45) is 5.51. The first-order valence-corrected chi connectivity index (χ1v) is 20.6. The molecule has 4 aromatic rings. The van der Waals surface area contributed by atoms with Gasteiger partial charge in [0.15, 0.2) is 0 Å². The number of rotatable bonds is 8. The van der Waals surface area contributed by atoms with E-state index in [2.05, 4.69) is 47.5 Å². The molecule has 1 unspecified atom stereocenters. The Morgan fingerprint density at radius 1 is 0.847 bits per heavy atom. The fourth-order valence-corrected chi connectivity index (χ4v) is 8.65. The molecule has 9 rings (SSSR count). The zero-order valence-electron chi connectivity index (χ0n) is 33.3. The van der Waals surface area contributed by atoms with Gasteiger partial charge in [0.05, 0.1) is 36.6 Å². The molecule has 0 bridgehead atoms. The number of nitrogens with zero attached hydrogens (tertiary/aromatic N) is 8. The van der Waals surface area contributed by atoms with Crippen molar-refractivity contribution in [3.8, 4) is 5.88 Å². The molecule has 3 saturated heterocycles. The molecule has 2 aromatic carbocycles. The van der Waals surface area contributed by atoms with Crippen molar-refractivity contribution in [1.29, 1.82) is 0 Å². The topological polar surface area (TPSA) is 168 Å². The van der Waals surface area contributed by atoms with Crippen LogP contribution in [0.15, 0.2) is 60.9 Å². The standard InChI is InChI=1S/C43H49N11O5/c1-28-36(25-45-41-39(28)44-13-23-59-41)54-14-12-31-24-46-43(48-35(31)26-54)47-32-6-2-30(3-7-32)42(58)53-21-19-52(20-22-53)38(56)27-50-15-17-51(18-16-50)33-8-4-29(5-9-33)34-10-11-37(55)49-40(34)57/h2-9,24-25,34,44H,10-23,26-27H2,1H3,(H,46,47,48)(H,49,55,57). The predicted octanol–water partition coefficient (Wildman–Crippen LogP) is 2.92. The summed E-state index contributed by atoms with van der Waals surface area (Å²) in [5, 5.41) is 9.17. The summed E-state index contributed by atoms with van der Waals surface area (Å²) in [5.41, 5.74) is 8.62. The number of carbonyl (C=O) groups is 4. The van der Waals surface area contributed by atoms with Gasteiger partial charge in [0.25, 0.3) is 5.91 Å². The van der Waals surface area contributed by atoms with Crippen LogP contribution in [0.2, 0.25) is 0 Å². The molecule has 7 heterocycles. The average Bonchev–Trinajstić information content (AvgIpc) is 3.27. The Morgan fingerprint density at radius 2 is 1.61 bits per heavy atom. The van der Waals surface area contributed by atoms with Crippen molar-refractivity contribution in [3.05, 3.63) is 88.9 Å². The molecular formula is C43H49N11O5. The first-order chi connectivity index (χ1) is 28.8. The molecule has 2 aromatic heterocycles. The van der Waals surface area contributed by atoms with Crippen LogP contribution in [0, 0.1) is 6.92 Å². The van der Waals surface area contributed by atoms with Crippen LogP contribution in [-0.4, -0.2) is 132 Å². The van der Waals surface area contributed by atoms with Crippen LogP contribution in [0.1, 0.15) is 51.5 Å². The van der Waals surface area contributed by atoms with Gasteiger partial charge in [-0.3, -0.25) is 29.4 Å². The minimum atomic E-state index is -0.292. The van der Waals surface area contributed by atoms with E-state index in [0.717, 1.165) is 90.8 Å². The lowest BCUT2D eigenvalue weighted by molar-refractivity contribution is -0.135. The average molecular weight is 800 g/mol. The third kappa shape index (κ3) is 8.22. The molecule has 4 amide bonds. The van der Waals surface area contributed by atoms with Crippen molar-refractivity contribution in [1.82, 2.24) is 35.0 Å². The van der Waals surface area contributed by atoms with E-state index in [9.17, 15) is 19.2 Å². The van der Waals surface area contributed by atoms with Gasteiger partial charge in [-0.2, -0.15) is 0 Å². The van der Waals surface area contributed by atoms with Gasteiger partial charge >= 0.3 is 0 Å². The highest BCUT2D eigenvalue weighted by atomic mass is 16.5. The van der Waals surface area contributed by atoms with E-state index in [1.807, 2.05) is 70.7 Å². The number of hydrogen-bond donors (Lipinski definition) is 3. The monoisotopic (exact) mass is 799 g/mol. The molecule has 3 N–H and O–H groups in total. The number of aromatic nitrogens is 3. The normalized spacial score (nSPS) is 19.6. The Bertz CT molecular complexity index is 2240. The van der Waals surface area contributed by atoms with E-state index in [0.29, 0.717) is 76.1 Å². The third-order valence-electron chi connectivity index (χ3n) is 12.1. The largest absolute Gasteiger partial charge is 0.474 e. The van der Waals surface area contributed by atoms with E-state index >= 15 is 0 Å². The van der Waals surface area contributed by atoms with Crippen molar-refractivity contribution < 1.29 is 23.9 Å². The van der Waals surface area contributed by atoms with Gasteiger partial charge in [-0.15, -0.1) is 0 Å². The van der Waals surface area contributed by atoms with E-state index in [-0.39, 0.29) is 29.5 Å². The number of pyridine rings is 1. The molecule has 16 heteroatoms. The van der Waals surface area contributed by atoms with Gasteiger partial charge in [0.2, 0.25) is 29.5 Å². The highest BCUT2D eigenvalue weighted by Gasteiger charge is 2.30. The quantitative estimate of drug-likeness (QED) is 0.223. The predicted molar refractivity (Wildman–Crippen MR) is 222 cm³/mol. The summed E-state index contributed by atoms with van der Waals surface area (Å²) in [4.78, 5) is 75.0. The molecule has 59 heavy (non-hydrogen) atoms. The van der Waals surface area contributed by atoms with Gasteiger partial charge in [-0.05, 0) is 67.3 Å². The van der Waals surface area contributed by atoms with Crippen molar-refractivity contribution >= 4 is 52.3 Å². The second kappa shape index (κ2) is 16.5. The Labute approximate surface area is 342 Å². The van der Waals surface area contributed by atoms with Crippen molar-refractivity contribution in [2.45, 2.75) is 38.6 Å². The number of amides is 4. The molecule has 5 aliphatic rings. The van der Waals surface area contributed by atoms with Gasteiger partial charge < -0.3 is 35.0 Å². The number of fused-ring (bicyclic) bond motifs is 2. The number of ether oxygens (including phenoxy) is 1. The smallest absolute Gasteiger partial charge is 0.253 e. The van der Waals surface area contributed by atoms with Crippen LogP contribution in [0.3, 0.4) is 0 Å². The number of piperidine rings is 1. The summed E-state index contributed by atoms with van der Waals surface area (Å²) in [5.74, 6) is 0.462. The summed E-state index contributed by atoms with van der Waals surface area (Å²) >= 11 is 0. The maximum absolute atomic E-state index is 13.5. The molecule has 0 radical (unpaired) electrons. The number of benzene rings is 2. The summed E-state index contributed by atoms with van der Waals surface area (Å²) < 4.78 is 5.72. The van der Waals surface area contributed by atoms with Gasteiger partial charge in [-0.1, -0.05) is 12.1 Å². The minimum Gasteiger partial charge on any atom is -0.474 e. The maximum atomic E-state index is 13.5. The number of piperazine rings is 2. The highest BCUT2D eigenvalue weighted by Crippen LogP contribution is 2.36. The molecule has 0 spiro atoms. The Balaban J connectivity index is 0.723. The summed E-state index contributed by atoms with van der Waals surface area (Å²) in [6, 6.07) is 15.4. The second-order valence-electron chi connectivity index (χ2n) is 15.8. The van der Waals surface area contributed by atoms with E-state index in [1.165, 1.54) is 0 Å². The van der Waals surface area contributed by atoms with Crippen LogP contribution < -0.4 is 30.5 Å².